The number of thioether (sulfide) groups is 1. The van der Waals surface area contributed by atoms with E-state index in [-0.39, 0.29) is 22.9 Å². The summed E-state index contributed by atoms with van der Waals surface area (Å²) in [5, 5.41) is 13.6. The molecule has 0 bridgehead atoms. The zero-order valence-electron chi connectivity index (χ0n) is 15.7. The van der Waals surface area contributed by atoms with Crippen molar-refractivity contribution >= 4 is 40.8 Å². The third-order valence-electron chi connectivity index (χ3n) is 3.60. The van der Waals surface area contributed by atoms with Crippen molar-refractivity contribution in [1.82, 2.24) is 0 Å². The number of esters is 1. The van der Waals surface area contributed by atoms with Crippen LogP contribution in [0.5, 0.6) is 5.75 Å². The Morgan fingerprint density at radius 1 is 1.14 bits per heavy atom. The van der Waals surface area contributed by atoms with Gasteiger partial charge in [0.1, 0.15) is 0 Å². The number of amides is 1. The van der Waals surface area contributed by atoms with Crippen LogP contribution in [0.2, 0.25) is 0 Å². The lowest BCUT2D eigenvalue weighted by molar-refractivity contribution is -0.385. The Bertz CT molecular complexity index is 946. The average Bonchev–Trinajstić information content (AvgIpc) is 2.70. The fourth-order valence-corrected chi connectivity index (χ4v) is 2.84. The van der Waals surface area contributed by atoms with Gasteiger partial charge in [-0.3, -0.25) is 19.7 Å². The molecule has 0 radical (unpaired) electrons. The largest absolute Gasteiger partial charge is 0.475 e. The summed E-state index contributed by atoms with van der Waals surface area (Å²) in [4.78, 5) is 46.5. The van der Waals surface area contributed by atoms with Gasteiger partial charge in [-0.15, -0.1) is 11.8 Å². The number of hydrogen-bond acceptors (Lipinski definition) is 8. The molecule has 0 aliphatic rings. The highest BCUT2D eigenvalue weighted by molar-refractivity contribution is 7.98. The van der Waals surface area contributed by atoms with E-state index >= 15 is 0 Å². The van der Waals surface area contributed by atoms with E-state index in [0.29, 0.717) is 5.69 Å². The van der Waals surface area contributed by atoms with Crippen LogP contribution in [0.4, 0.5) is 11.4 Å². The van der Waals surface area contributed by atoms with Crippen molar-refractivity contribution in [2.45, 2.75) is 11.8 Å². The number of carbonyl (C=O) groups excluding carboxylic acids is 3. The fraction of sp³-hybridized carbons (Fsp3) is 0.211. The summed E-state index contributed by atoms with van der Waals surface area (Å²) in [6.45, 7) is 0.245. The van der Waals surface area contributed by atoms with E-state index in [2.05, 4.69) is 5.32 Å². The second kappa shape index (κ2) is 10.2. The van der Waals surface area contributed by atoms with Crippen LogP contribution in [0.25, 0.3) is 0 Å². The number of hydrogen-bond donors (Lipinski definition) is 1. The highest BCUT2D eigenvalue weighted by atomic mass is 32.2. The molecular weight excluding hydrogens is 400 g/mol. The number of Topliss-reactive ketones (excluding diaryl/α,β-unsaturated/α-hetero) is 1. The first-order valence-corrected chi connectivity index (χ1v) is 9.55. The van der Waals surface area contributed by atoms with Crippen molar-refractivity contribution in [1.29, 1.82) is 0 Å². The van der Waals surface area contributed by atoms with Gasteiger partial charge in [-0.1, -0.05) is 18.2 Å². The zero-order valence-corrected chi connectivity index (χ0v) is 16.5. The molecule has 1 N–H and O–H groups in total. The topological polar surface area (TPSA) is 125 Å². The molecule has 152 valence electrons. The molecule has 0 saturated heterocycles. The molecule has 0 spiro atoms. The quantitative estimate of drug-likeness (QED) is 0.217. The highest BCUT2D eigenvalue weighted by Gasteiger charge is 2.17. The van der Waals surface area contributed by atoms with Gasteiger partial charge in [0.2, 0.25) is 5.91 Å². The maximum absolute atomic E-state index is 12.3. The Morgan fingerprint density at radius 3 is 2.52 bits per heavy atom. The molecule has 0 saturated carbocycles. The molecule has 0 aliphatic carbocycles. The van der Waals surface area contributed by atoms with Crippen LogP contribution in [-0.4, -0.2) is 42.1 Å². The van der Waals surface area contributed by atoms with Gasteiger partial charge in [0, 0.05) is 23.4 Å². The number of para-hydroxylation sites is 2. The monoisotopic (exact) mass is 418 g/mol. The number of ether oxygens (including phenoxy) is 2. The summed E-state index contributed by atoms with van der Waals surface area (Å²) in [7, 11) is 0. The highest BCUT2D eigenvalue weighted by Crippen LogP contribution is 2.27. The molecule has 0 aromatic heterocycles. The minimum Gasteiger partial charge on any atom is -0.475 e. The summed E-state index contributed by atoms with van der Waals surface area (Å²) in [5.41, 5.74) is 0.469. The normalized spacial score (nSPS) is 10.1. The Labute approximate surface area is 170 Å². The van der Waals surface area contributed by atoms with Crippen molar-refractivity contribution in [2.75, 3.05) is 24.8 Å². The maximum atomic E-state index is 12.3. The SMILES string of the molecule is CSc1ccc(C(=O)COC(=O)COc2ccccc2[N+](=O)[O-])cc1NC(C)=O. The van der Waals surface area contributed by atoms with Crippen molar-refractivity contribution in [2.24, 2.45) is 0 Å². The number of benzene rings is 2. The van der Waals surface area contributed by atoms with E-state index in [1.165, 1.54) is 49.0 Å². The van der Waals surface area contributed by atoms with Crippen LogP contribution in [0.1, 0.15) is 17.3 Å². The third kappa shape index (κ3) is 6.32. The summed E-state index contributed by atoms with van der Waals surface area (Å²) in [6, 6.07) is 10.4. The zero-order chi connectivity index (χ0) is 21.4. The van der Waals surface area contributed by atoms with Crippen LogP contribution in [0.15, 0.2) is 47.4 Å². The Morgan fingerprint density at radius 2 is 1.86 bits per heavy atom. The molecule has 29 heavy (non-hydrogen) atoms. The molecule has 2 aromatic rings. The molecule has 0 heterocycles. The Kier molecular flexibility index (Phi) is 7.72. The number of nitrogens with zero attached hydrogens (tertiary/aromatic N) is 1. The summed E-state index contributed by atoms with van der Waals surface area (Å²) in [6.07, 6.45) is 1.83. The second-order valence-corrected chi connectivity index (χ2v) is 6.54. The predicted octanol–water partition coefficient (Wildman–Crippen LogP) is 3.08. The third-order valence-corrected chi connectivity index (χ3v) is 4.40. The molecule has 0 aliphatic heterocycles. The minimum atomic E-state index is -0.848. The molecule has 0 atom stereocenters. The van der Waals surface area contributed by atoms with Crippen LogP contribution >= 0.6 is 11.8 Å². The van der Waals surface area contributed by atoms with E-state index in [9.17, 15) is 24.5 Å². The van der Waals surface area contributed by atoms with Gasteiger partial charge >= 0.3 is 11.7 Å². The van der Waals surface area contributed by atoms with Gasteiger partial charge in [-0.05, 0) is 24.5 Å². The van der Waals surface area contributed by atoms with Crippen LogP contribution in [0.3, 0.4) is 0 Å². The van der Waals surface area contributed by atoms with Crippen molar-refractivity contribution in [3.05, 3.63) is 58.1 Å². The van der Waals surface area contributed by atoms with E-state index in [0.717, 1.165) is 4.90 Å². The molecule has 1 amide bonds. The number of nitro benzene ring substituents is 1. The van der Waals surface area contributed by atoms with Gasteiger partial charge in [0.05, 0.1) is 10.6 Å². The molecule has 0 unspecified atom stereocenters. The molecule has 2 aromatic carbocycles. The van der Waals surface area contributed by atoms with E-state index < -0.39 is 29.9 Å². The van der Waals surface area contributed by atoms with Crippen LogP contribution in [0, 0.1) is 10.1 Å². The van der Waals surface area contributed by atoms with Crippen molar-refractivity contribution < 1.29 is 28.8 Å². The number of nitro groups is 1. The first-order chi connectivity index (χ1) is 13.8. The number of rotatable bonds is 9. The molecular formula is C19H18N2O7S. The number of anilines is 1. The van der Waals surface area contributed by atoms with Gasteiger partial charge in [-0.2, -0.15) is 0 Å². The average molecular weight is 418 g/mol. The number of carbonyl (C=O) groups is 3. The Balaban J connectivity index is 1.94. The molecule has 2 rings (SSSR count). The van der Waals surface area contributed by atoms with Gasteiger partial charge in [0.15, 0.2) is 24.7 Å². The smallest absolute Gasteiger partial charge is 0.344 e. The Hall–Kier alpha value is -3.40. The van der Waals surface area contributed by atoms with Crippen LogP contribution < -0.4 is 10.1 Å². The lowest BCUT2D eigenvalue weighted by Gasteiger charge is -2.10. The molecule has 9 nitrogen and oxygen atoms in total. The predicted molar refractivity (Wildman–Crippen MR) is 106 cm³/mol. The van der Waals surface area contributed by atoms with Crippen LogP contribution in [-0.2, 0) is 14.3 Å². The lowest BCUT2D eigenvalue weighted by atomic mass is 10.1. The summed E-state index contributed by atoms with van der Waals surface area (Å²) >= 11 is 1.41. The fourth-order valence-electron chi connectivity index (χ4n) is 2.31. The summed E-state index contributed by atoms with van der Waals surface area (Å²) < 4.78 is 10.00. The maximum Gasteiger partial charge on any atom is 0.344 e. The van der Waals surface area contributed by atoms with E-state index in [4.69, 9.17) is 9.47 Å². The van der Waals surface area contributed by atoms with Crippen molar-refractivity contribution in [3.8, 4) is 5.75 Å². The minimum absolute atomic E-state index is 0.0756. The van der Waals surface area contributed by atoms with Gasteiger partial charge in [-0.25, -0.2) is 4.79 Å². The van der Waals surface area contributed by atoms with Gasteiger partial charge < -0.3 is 14.8 Å². The van der Waals surface area contributed by atoms with Gasteiger partial charge in [0.25, 0.3) is 0 Å². The molecule has 10 heteroatoms. The lowest BCUT2D eigenvalue weighted by Crippen LogP contribution is -2.20. The first kappa shape index (κ1) is 21.9. The summed E-state index contributed by atoms with van der Waals surface area (Å²) in [5.74, 6) is -1.67. The second-order valence-electron chi connectivity index (χ2n) is 5.69. The first-order valence-electron chi connectivity index (χ1n) is 8.32. The number of nitrogens with one attached hydrogen (secondary N) is 1. The van der Waals surface area contributed by atoms with Crippen molar-refractivity contribution in [3.63, 3.8) is 0 Å². The standard InChI is InChI=1S/C19H18N2O7S/c1-12(22)20-14-9-13(7-8-18(14)29-2)16(23)10-28-19(24)11-27-17-6-4-3-5-15(17)21(25)26/h3-9H,10-11H2,1-2H3,(H,20,22). The number of ketones is 1. The van der Waals surface area contributed by atoms with E-state index in [1.54, 1.807) is 12.1 Å². The van der Waals surface area contributed by atoms with E-state index in [1.807, 2.05) is 6.26 Å². The molecule has 0 fully saturated rings.